The summed E-state index contributed by atoms with van der Waals surface area (Å²) in [7, 11) is -3.00. The zero-order chi connectivity index (χ0) is 22.3. The first kappa shape index (κ1) is 21.7. The van der Waals surface area contributed by atoms with Gasteiger partial charge >= 0.3 is 0 Å². The van der Waals surface area contributed by atoms with E-state index < -0.39 is 15.3 Å². The van der Waals surface area contributed by atoms with E-state index in [-0.39, 0.29) is 16.9 Å². The maximum absolute atomic E-state index is 12.8. The average Bonchev–Trinajstić information content (AvgIpc) is 3.26. The maximum atomic E-state index is 12.8. The number of benzene rings is 2. The molecule has 1 atom stereocenters. The van der Waals surface area contributed by atoms with E-state index in [1.54, 1.807) is 0 Å². The molecule has 0 radical (unpaired) electrons. The molecule has 1 amide bonds. The number of halogens is 1. The fraction of sp³-hybridized carbons (Fsp3) is 0.458. The number of fused-ring (bicyclic) bond motifs is 2. The number of amides is 1. The van der Waals surface area contributed by atoms with Gasteiger partial charge in [0.05, 0.1) is 16.4 Å². The second-order valence-electron chi connectivity index (χ2n) is 8.98. The number of piperidine rings is 1. The molecule has 3 aliphatic rings. The molecule has 0 aromatic heterocycles. The highest BCUT2D eigenvalue weighted by atomic mass is 35.5. The lowest BCUT2D eigenvalue weighted by Crippen LogP contribution is -2.47. The highest BCUT2D eigenvalue weighted by molar-refractivity contribution is 7.91. The summed E-state index contributed by atoms with van der Waals surface area (Å²) in [5, 5.41) is 3.30. The number of nitrogens with one attached hydrogen (secondary N) is 1. The van der Waals surface area contributed by atoms with Gasteiger partial charge in [0.2, 0.25) is 5.91 Å². The number of ether oxygens (including phenoxy) is 1. The van der Waals surface area contributed by atoms with Crippen molar-refractivity contribution in [3.05, 3.63) is 58.6 Å². The molecule has 1 N–H and O–H groups in total. The summed E-state index contributed by atoms with van der Waals surface area (Å²) in [5.41, 5.74) is 2.28. The summed E-state index contributed by atoms with van der Waals surface area (Å²) in [5.74, 6) is 1.11. The van der Waals surface area contributed by atoms with Gasteiger partial charge < -0.3 is 10.1 Å². The van der Waals surface area contributed by atoms with Crippen molar-refractivity contribution in [1.82, 2.24) is 4.90 Å². The Morgan fingerprint density at radius 1 is 1.12 bits per heavy atom. The Hall–Kier alpha value is -2.09. The fourth-order valence-electron chi connectivity index (χ4n) is 5.28. The van der Waals surface area contributed by atoms with Gasteiger partial charge in [-0.2, -0.15) is 0 Å². The van der Waals surface area contributed by atoms with E-state index in [2.05, 4.69) is 10.2 Å². The minimum atomic E-state index is -3.00. The fourth-order valence-corrected chi connectivity index (χ4v) is 7.40. The molecule has 6 nitrogen and oxygen atoms in total. The number of carbonyl (C=O) groups is 1. The van der Waals surface area contributed by atoms with E-state index in [1.165, 1.54) is 0 Å². The summed E-state index contributed by atoms with van der Waals surface area (Å²) < 4.78 is 30.1. The Morgan fingerprint density at radius 2 is 1.88 bits per heavy atom. The van der Waals surface area contributed by atoms with Gasteiger partial charge in [-0.3, -0.25) is 9.69 Å². The molecule has 8 heteroatoms. The molecular weight excluding hydrogens is 448 g/mol. The standard InChI is InChI=1S/C24H27ClN2O4S/c25-18-5-8-21-20(16-18)24(23(28)26-21)9-11-27(12-10-24)13-14-31-19-6-3-17(4-7-19)22-2-1-15-32(22,29)30/h3-8,16,22H,1-2,9-15H2,(H,26,28). The van der Waals surface area contributed by atoms with Crippen LogP contribution >= 0.6 is 11.6 Å². The van der Waals surface area contributed by atoms with Crippen molar-refractivity contribution in [2.75, 3.05) is 37.3 Å². The van der Waals surface area contributed by atoms with E-state index in [0.717, 1.165) is 61.5 Å². The van der Waals surface area contributed by atoms with Gasteiger partial charge in [-0.25, -0.2) is 8.42 Å². The van der Waals surface area contributed by atoms with Gasteiger partial charge in [-0.05, 0) is 80.2 Å². The summed E-state index contributed by atoms with van der Waals surface area (Å²) in [6, 6.07) is 13.1. The Kier molecular flexibility index (Phi) is 5.68. The number of rotatable bonds is 5. The van der Waals surface area contributed by atoms with Crippen LogP contribution in [0.1, 0.15) is 42.1 Å². The third-order valence-corrected chi connectivity index (χ3v) is 9.61. The van der Waals surface area contributed by atoms with Gasteiger partial charge in [0.1, 0.15) is 12.4 Å². The Bertz CT molecular complexity index is 1130. The molecule has 5 rings (SSSR count). The van der Waals surface area contributed by atoms with Crippen LogP contribution in [-0.2, 0) is 20.0 Å². The molecule has 2 aromatic rings. The summed E-state index contributed by atoms with van der Waals surface area (Å²) in [4.78, 5) is 15.1. The van der Waals surface area contributed by atoms with Crippen LogP contribution < -0.4 is 10.1 Å². The second kappa shape index (κ2) is 8.36. The van der Waals surface area contributed by atoms with Crippen molar-refractivity contribution in [2.45, 2.75) is 36.3 Å². The number of hydrogen-bond acceptors (Lipinski definition) is 5. The van der Waals surface area contributed by atoms with Gasteiger partial charge in [0, 0.05) is 17.3 Å². The molecule has 2 fully saturated rings. The predicted molar refractivity (Wildman–Crippen MR) is 125 cm³/mol. The van der Waals surface area contributed by atoms with Crippen LogP contribution in [0.5, 0.6) is 5.75 Å². The summed E-state index contributed by atoms with van der Waals surface area (Å²) in [6.45, 7) is 2.96. The molecule has 170 valence electrons. The normalized spacial score (nSPS) is 23.8. The first-order chi connectivity index (χ1) is 15.4. The largest absolute Gasteiger partial charge is 0.492 e. The number of sulfone groups is 1. The minimum Gasteiger partial charge on any atom is -0.492 e. The first-order valence-corrected chi connectivity index (χ1v) is 13.2. The molecule has 2 saturated heterocycles. The van der Waals surface area contributed by atoms with Crippen molar-refractivity contribution in [3.63, 3.8) is 0 Å². The van der Waals surface area contributed by atoms with Gasteiger partial charge in [-0.1, -0.05) is 23.7 Å². The lowest BCUT2D eigenvalue weighted by Gasteiger charge is -2.38. The van der Waals surface area contributed by atoms with E-state index in [0.29, 0.717) is 18.1 Å². The molecule has 1 spiro atoms. The molecule has 2 aromatic carbocycles. The van der Waals surface area contributed by atoms with Crippen molar-refractivity contribution >= 4 is 33.0 Å². The molecule has 3 heterocycles. The monoisotopic (exact) mass is 474 g/mol. The second-order valence-corrected chi connectivity index (χ2v) is 11.7. The van der Waals surface area contributed by atoms with Crippen molar-refractivity contribution in [2.24, 2.45) is 0 Å². The third kappa shape index (κ3) is 3.91. The Balaban J connectivity index is 1.14. The SMILES string of the molecule is O=C1Nc2ccc(Cl)cc2C12CCN(CCOc1ccc(C3CCCS3(=O)=O)cc1)CC2. The molecule has 0 saturated carbocycles. The number of hydrogen-bond donors (Lipinski definition) is 1. The molecule has 3 aliphatic heterocycles. The van der Waals surface area contributed by atoms with E-state index in [4.69, 9.17) is 16.3 Å². The van der Waals surface area contributed by atoms with Gasteiger partial charge in [-0.15, -0.1) is 0 Å². The van der Waals surface area contributed by atoms with E-state index in [1.807, 2.05) is 42.5 Å². The number of carbonyl (C=O) groups excluding carboxylic acids is 1. The smallest absolute Gasteiger partial charge is 0.235 e. The lowest BCUT2D eigenvalue weighted by molar-refractivity contribution is -0.122. The zero-order valence-corrected chi connectivity index (χ0v) is 19.4. The van der Waals surface area contributed by atoms with E-state index in [9.17, 15) is 13.2 Å². The van der Waals surface area contributed by atoms with Crippen LogP contribution in [0, 0.1) is 0 Å². The predicted octanol–water partition coefficient (Wildman–Crippen LogP) is 3.95. The topological polar surface area (TPSA) is 75.7 Å². The molecule has 32 heavy (non-hydrogen) atoms. The maximum Gasteiger partial charge on any atom is 0.235 e. The van der Waals surface area contributed by atoms with Crippen molar-refractivity contribution in [3.8, 4) is 5.75 Å². The van der Waals surface area contributed by atoms with Crippen LogP contribution in [0.15, 0.2) is 42.5 Å². The number of anilines is 1. The van der Waals surface area contributed by atoms with Crippen LogP contribution in [0.4, 0.5) is 5.69 Å². The highest BCUT2D eigenvalue weighted by Gasteiger charge is 2.48. The van der Waals surface area contributed by atoms with Gasteiger partial charge in [0.15, 0.2) is 9.84 Å². The van der Waals surface area contributed by atoms with Crippen molar-refractivity contribution in [1.29, 1.82) is 0 Å². The van der Waals surface area contributed by atoms with Crippen molar-refractivity contribution < 1.29 is 17.9 Å². The van der Waals surface area contributed by atoms with Crippen LogP contribution in [0.25, 0.3) is 0 Å². The van der Waals surface area contributed by atoms with E-state index >= 15 is 0 Å². The molecule has 1 unspecified atom stereocenters. The van der Waals surface area contributed by atoms with Crippen LogP contribution in [0.2, 0.25) is 5.02 Å². The van der Waals surface area contributed by atoms with Gasteiger partial charge in [0.25, 0.3) is 0 Å². The molecule has 0 bridgehead atoms. The first-order valence-electron chi connectivity index (χ1n) is 11.2. The van der Waals surface area contributed by atoms with Crippen LogP contribution in [0.3, 0.4) is 0 Å². The van der Waals surface area contributed by atoms with Crippen LogP contribution in [-0.4, -0.2) is 51.2 Å². The Morgan fingerprint density at radius 3 is 2.56 bits per heavy atom. The quantitative estimate of drug-likeness (QED) is 0.710. The molecular formula is C24H27ClN2O4S. The molecule has 0 aliphatic carbocycles. The lowest BCUT2D eigenvalue weighted by atomic mass is 9.73. The highest BCUT2D eigenvalue weighted by Crippen LogP contribution is 2.45. The third-order valence-electron chi connectivity index (χ3n) is 7.15. The minimum absolute atomic E-state index is 0.0787. The number of likely N-dealkylation sites (tertiary alicyclic amines) is 1. The average molecular weight is 475 g/mol. The summed E-state index contributed by atoms with van der Waals surface area (Å²) >= 11 is 6.19. The number of nitrogens with zero attached hydrogens (tertiary/aromatic N) is 1. The summed E-state index contributed by atoms with van der Waals surface area (Å²) in [6.07, 6.45) is 2.96. The Labute approximate surface area is 193 Å². The zero-order valence-electron chi connectivity index (χ0n) is 17.8.